The molecule has 1 saturated heterocycles. The zero-order valence-electron chi connectivity index (χ0n) is 24.3. The number of para-hydroxylation sites is 1. The first kappa shape index (κ1) is 28.0. The first-order valence-electron chi connectivity index (χ1n) is 14.8. The predicted octanol–water partition coefficient (Wildman–Crippen LogP) is 6.03. The molecule has 6 nitrogen and oxygen atoms in total. The summed E-state index contributed by atoms with van der Waals surface area (Å²) >= 11 is 0. The number of ether oxygens (including phenoxy) is 1. The summed E-state index contributed by atoms with van der Waals surface area (Å²) < 4.78 is 8.37. The molecule has 1 aromatic heterocycles. The molecule has 2 aliphatic rings. The van der Waals surface area contributed by atoms with Crippen LogP contribution >= 0.6 is 0 Å². The Hall–Kier alpha value is -3.54. The zero-order chi connectivity index (χ0) is 28.1. The van der Waals surface area contributed by atoms with Gasteiger partial charge in [0.25, 0.3) is 5.91 Å². The Bertz CT molecular complexity index is 1320. The number of carbonyl (C=O) groups is 2. The fourth-order valence-corrected chi connectivity index (χ4v) is 6.43. The molecule has 40 heavy (non-hydrogen) atoms. The molecule has 0 radical (unpaired) electrons. The highest BCUT2D eigenvalue weighted by atomic mass is 16.5. The van der Waals surface area contributed by atoms with E-state index < -0.39 is 5.41 Å². The number of amides is 2. The lowest BCUT2D eigenvalue weighted by molar-refractivity contribution is -0.144. The average molecular weight is 542 g/mol. The molecule has 0 aliphatic carbocycles. The number of hydrogen-bond donors (Lipinski definition) is 0. The number of benzene rings is 2. The molecule has 2 aliphatic heterocycles. The van der Waals surface area contributed by atoms with E-state index in [4.69, 9.17) is 4.74 Å². The van der Waals surface area contributed by atoms with Gasteiger partial charge >= 0.3 is 0 Å². The average Bonchev–Trinajstić information content (AvgIpc) is 3.29. The molecule has 2 amide bonds. The maximum absolute atomic E-state index is 13.8. The maximum atomic E-state index is 13.8. The van der Waals surface area contributed by atoms with Crippen molar-refractivity contribution < 1.29 is 14.3 Å². The summed E-state index contributed by atoms with van der Waals surface area (Å²) in [6.07, 6.45) is 6.50. The zero-order valence-corrected chi connectivity index (χ0v) is 24.3. The Kier molecular flexibility index (Phi) is 8.63. The van der Waals surface area contributed by atoms with E-state index in [0.717, 1.165) is 55.5 Å². The normalized spacial score (nSPS) is 18.3. The topological polar surface area (TPSA) is 54.8 Å². The van der Waals surface area contributed by atoms with E-state index in [9.17, 15) is 9.59 Å². The molecule has 0 atom stereocenters. The Morgan fingerprint density at radius 2 is 1.62 bits per heavy atom. The van der Waals surface area contributed by atoms with Crippen LogP contribution in [0.1, 0.15) is 71.4 Å². The second-order valence-corrected chi connectivity index (χ2v) is 11.7. The highest BCUT2D eigenvalue weighted by Crippen LogP contribution is 2.39. The van der Waals surface area contributed by atoms with E-state index in [-0.39, 0.29) is 11.8 Å². The van der Waals surface area contributed by atoms with Crippen LogP contribution in [0.15, 0.2) is 60.7 Å². The lowest BCUT2D eigenvalue weighted by Crippen LogP contribution is -2.51. The number of aryl methyl sites for hydroxylation is 3. The molecule has 3 aromatic rings. The van der Waals surface area contributed by atoms with Crippen molar-refractivity contribution in [3.05, 3.63) is 88.7 Å². The van der Waals surface area contributed by atoms with Gasteiger partial charge in [-0.1, -0.05) is 43.2 Å². The monoisotopic (exact) mass is 541 g/mol. The first-order valence-corrected chi connectivity index (χ1v) is 14.8. The predicted molar refractivity (Wildman–Crippen MR) is 159 cm³/mol. The third-order valence-electron chi connectivity index (χ3n) is 9.00. The van der Waals surface area contributed by atoms with Crippen LogP contribution in [0.3, 0.4) is 0 Å². The van der Waals surface area contributed by atoms with Gasteiger partial charge in [0.2, 0.25) is 5.91 Å². The minimum Gasteiger partial charge on any atom is -0.491 e. The second kappa shape index (κ2) is 12.3. The van der Waals surface area contributed by atoms with Gasteiger partial charge in [0, 0.05) is 43.6 Å². The number of rotatable bonds is 3. The van der Waals surface area contributed by atoms with Gasteiger partial charge < -0.3 is 19.1 Å². The molecule has 0 saturated carbocycles. The number of likely N-dealkylation sites (N-methyl/N-ethyl adjacent to an activating group) is 1. The molecule has 3 heterocycles. The number of carbonyl (C=O) groups excluding carboxylic acids is 2. The molecule has 6 heteroatoms. The third kappa shape index (κ3) is 6.11. The fourth-order valence-electron chi connectivity index (χ4n) is 6.43. The third-order valence-corrected chi connectivity index (χ3v) is 9.00. The number of piperidine rings is 1. The van der Waals surface area contributed by atoms with Crippen LogP contribution in [0.25, 0.3) is 0 Å². The Morgan fingerprint density at radius 1 is 0.875 bits per heavy atom. The van der Waals surface area contributed by atoms with Crippen LogP contribution in [-0.2, 0) is 17.8 Å². The van der Waals surface area contributed by atoms with Gasteiger partial charge in [0.15, 0.2) is 0 Å². The van der Waals surface area contributed by atoms with Crippen molar-refractivity contribution in [2.45, 2.75) is 65.3 Å². The van der Waals surface area contributed by atoms with E-state index in [0.29, 0.717) is 39.1 Å². The van der Waals surface area contributed by atoms with Crippen molar-refractivity contribution in [1.29, 1.82) is 0 Å². The number of likely N-dealkylation sites (tertiary alicyclic amines) is 1. The van der Waals surface area contributed by atoms with Crippen LogP contribution in [-0.4, -0.2) is 59.5 Å². The smallest absolute Gasteiger partial charge is 0.253 e. The van der Waals surface area contributed by atoms with Gasteiger partial charge in [-0.25, -0.2) is 0 Å². The molecule has 1 fully saturated rings. The summed E-state index contributed by atoms with van der Waals surface area (Å²) in [5.41, 5.74) is 5.13. The Morgan fingerprint density at radius 3 is 2.40 bits per heavy atom. The fraction of sp³-hybridized carbons (Fsp3) is 0.471. The lowest BCUT2D eigenvalue weighted by atomic mass is 9.73. The van der Waals surface area contributed by atoms with E-state index in [1.165, 1.54) is 17.0 Å². The van der Waals surface area contributed by atoms with Gasteiger partial charge in [-0.15, -0.1) is 0 Å². The highest BCUT2D eigenvalue weighted by Gasteiger charge is 2.43. The SMILES string of the molecule is Cc1ccc(C)n1Cc1cccc(C(=O)N2CCC3(CCCCCc4ccccc4OCCN(C)C3=O)CC2)c1. The van der Waals surface area contributed by atoms with Crippen LogP contribution in [0, 0.1) is 19.3 Å². The van der Waals surface area contributed by atoms with Crippen molar-refractivity contribution in [3.8, 4) is 5.75 Å². The largest absolute Gasteiger partial charge is 0.491 e. The van der Waals surface area contributed by atoms with Crippen molar-refractivity contribution in [2.24, 2.45) is 5.41 Å². The van der Waals surface area contributed by atoms with Gasteiger partial charge in [0.1, 0.15) is 12.4 Å². The molecule has 2 aromatic carbocycles. The minimum absolute atomic E-state index is 0.0641. The van der Waals surface area contributed by atoms with Crippen LogP contribution < -0.4 is 4.74 Å². The van der Waals surface area contributed by atoms with Crippen molar-refractivity contribution >= 4 is 11.8 Å². The van der Waals surface area contributed by atoms with Crippen LogP contribution in [0.4, 0.5) is 0 Å². The molecule has 5 rings (SSSR count). The maximum Gasteiger partial charge on any atom is 0.253 e. The van der Waals surface area contributed by atoms with E-state index in [2.05, 4.69) is 48.7 Å². The van der Waals surface area contributed by atoms with Crippen LogP contribution in [0.2, 0.25) is 0 Å². The van der Waals surface area contributed by atoms with Gasteiger partial charge in [-0.3, -0.25) is 9.59 Å². The van der Waals surface area contributed by atoms with Gasteiger partial charge in [-0.05, 0) is 87.4 Å². The first-order chi connectivity index (χ1) is 19.4. The van der Waals surface area contributed by atoms with E-state index in [1.807, 2.05) is 47.2 Å². The highest BCUT2D eigenvalue weighted by molar-refractivity contribution is 5.94. The van der Waals surface area contributed by atoms with Crippen LogP contribution in [0.5, 0.6) is 5.75 Å². The van der Waals surface area contributed by atoms with Gasteiger partial charge in [0.05, 0.1) is 12.0 Å². The Balaban J connectivity index is 1.25. The molecule has 0 N–H and O–H groups in total. The van der Waals surface area contributed by atoms with E-state index in [1.54, 1.807) is 0 Å². The summed E-state index contributed by atoms with van der Waals surface area (Å²) in [7, 11) is 1.90. The number of aromatic nitrogens is 1. The quantitative estimate of drug-likeness (QED) is 0.407. The summed E-state index contributed by atoms with van der Waals surface area (Å²) in [5.74, 6) is 1.20. The number of nitrogens with zero attached hydrogens (tertiary/aromatic N) is 3. The number of fused-ring (bicyclic) bond motifs is 1. The molecule has 212 valence electrons. The lowest BCUT2D eigenvalue weighted by Gasteiger charge is -2.42. The molecular formula is C34H43N3O3. The van der Waals surface area contributed by atoms with E-state index >= 15 is 0 Å². The summed E-state index contributed by atoms with van der Waals surface area (Å²) in [6.45, 7) is 7.25. The molecule has 0 unspecified atom stereocenters. The van der Waals surface area contributed by atoms with Crippen molar-refractivity contribution in [3.63, 3.8) is 0 Å². The summed E-state index contributed by atoms with van der Waals surface area (Å²) in [5, 5.41) is 0. The summed E-state index contributed by atoms with van der Waals surface area (Å²) in [6, 6.07) is 20.5. The summed E-state index contributed by atoms with van der Waals surface area (Å²) in [4.78, 5) is 31.2. The number of hydrogen-bond acceptors (Lipinski definition) is 3. The molecule has 0 bridgehead atoms. The molecular weight excluding hydrogens is 498 g/mol. The second-order valence-electron chi connectivity index (χ2n) is 11.7. The standard InChI is InChI=1S/C34H43N3O3/c1-26-15-16-27(2)37(26)25-28-10-9-13-30(24-28)32(38)36-20-18-34(19-21-36)17-8-4-5-11-29-12-6-7-14-31(29)40-23-22-35(3)33(34)39/h6-7,9-10,12-16,24H,4-5,8,11,17-23,25H2,1-3H3. The Labute approximate surface area is 238 Å². The molecule has 1 spiro atoms. The van der Waals surface area contributed by atoms with Crippen molar-refractivity contribution in [1.82, 2.24) is 14.4 Å². The minimum atomic E-state index is -0.405. The van der Waals surface area contributed by atoms with Gasteiger partial charge in [-0.2, -0.15) is 0 Å². The van der Waals surface area contributed by atoms with Crippen molar-refractivity contribution in [2.75, 3.05) is 33.3 Å².